The molecule has 0 saturated heterocycles. The van der Waals surface area contributed by atoms with E-state index in [1.54, 1.807) is 25.1 Å². The number of Topliss-reactive ketones (excluding diaryl/α,β-unsaturated/α-hetero) is 1. The number of nitrogens with one attached hydrogen (secondary N) is 1. The van der Waals surface area contributed by atoms with Gasteiger partial charge in [-0.1, -0.05) is 36.8 Å². The normalized spacial score (nSPS) is 12.3. The second kappa shape index (κ2) is 10.6. The fourth-order valence-corrected chi connectivity index (χ4v) is 5.00. The molecule has 3 aromatic carbocycles. The molecular formula is C28H29N3O5S. The van der Waals surface area contributed by atoms with Crippen LogP contribution in [0.2, 0.25) is 0 Å². The third-order valence-corrected chi connectivity index (χ3v) is 7.35. The van der Waals surface area contributed by atoms with Crippen molar-refractivity contribution in [3.63, 3.8) is 0 Å². The van der Waals surface area contributed by atoms with E-state index in [1.807, 2.05) is 55.0 Å². The number of hydrogen-bond acceptors (Lipinski definition) is 6. The van der Waals surface area contributed by atoms with Crippen LogP contribution < -0.4 is 4.72 Å². The van der Waals surface area contributed by atoms with Crippen molar-refractivity contribution in [3.8, 4) is 5.69 Å². The van der Waals surface area contributed by atoms with Gasteiger partial charge < -0.3 is 4.74 Å². The highest BCUT2D eigenvalue weighted by Crippen LogP contribution is 2.24. The van der Waals surface area contributed by atoms with Crippen LogP contribution in [-0.2, 0) is 27.6 Å². The Morgan fingerprint density at radius 1 is 1.03 bits per heavy atom. The van der Waals surface area contributed by atoms with Crippen molar-refractivity contribution < 1.29 is 22.7 Å². The minimum Gasteiger partial charge on any atom is -0.445 e. The van der Waals surface area contributed by atoms with Gasteiger partial charge in [0.25, 0.3) is 10.0 Å². The number of aryl methyl sites for hydroxylation is 2. The summed E-state index contributed by atoms with van der Waals surface area (Å²) in [7, 11) is -4.01. The van der Waals surface area contributed by atoms with Gasteiger partial charge in [0.05, 0.1) is 15.9 Å². The number of aromatic nitrogens is 2. The zero-order chi connectivity index (χ0) is 26.7. The van der Waals surface area contributed by atoms with E-state index in [4.69, 9.17) is 9.72 Å². The summed E-state index contributed by atoms with van der Waals surface area (Å²) in [5.41, 5.74) is 5.07. The summed E-state index contributed by atoms with van der Waals surface area (Å²) in [5, 5.41) is 0. The summed E-state index contributed by atoms with van der Waals surface area (Å²) < 4.78 is 34.1. The third kappa shape index (κ3) is 5.89. The first-order chi connectivity index (χ1) is 17.6. The maximum atomic E-state index is 12.4. The van der Waals surface area contributed by atoms with Crippen LogP contribution in [0.1, 0.15) is 48.1 Å². The van der Waals surface area contributed by atoms with Crippen LogP contribution in [0.4, 0.5) is 4.79 Å². The molecule has 0 radical (unpaired) electrons. The molecule has 0 saturated carbocycles. The molecular weight excluding hydrogens is 490 g/mol. The molecule has 0 fully saturated rings. The van der Waals surface area contributed by atoms with Gasteiger partial charge in [-0.3, -0.25) is 9.36 Å². The molecule has 8 nitrogen and oxygen atoms in total. The number of benzene rings is 3. The van der Waals surface area contributed by atoms with E-state index in [1.165, 1.54) is 19.1 Å². The smallest absolute Gasteiger partial charge is 0.421 e. The average molecular weight is 520 g/mol. The van der Waals surface area contributed by atoms with Crippen LogP contribution in [0.3, 0.4) is 0 Å². The van der Waals surface area contributed by atoms with Crippen LogP contribution in [0, 0.1) is 6.92 Å². The van der Waals surface area contributed by atoms with Crippen LogP contribution in [0.25, 0.3) is 16.7 Å². The Labute approximate surface area is 216 Å². The molecule has 1 amide bonds. The standard InChI is InChI=1S/C28H29N3O5S/c1-5-27-29-25-17-22(20(4)32)10-15-26(25)31(27)23-11-8-21(9-12-23)16-19(3)36-28(33)30-37(34,35)24-13-6-18(2)7-14-24/h6-15,17,19H,5,16H2,1-4H3,(H,30,33)/t19-/m1/s1. The van der Waals surface area contributed by atoms with Crippen molar-refractivity contribution in [1.29, 1.82) is 0 Å². The molecule has 0 aliphatic rings. The van der Waals surface area contributed by atoms with Gasteiger partial charge in [0.15, 0.2) is 5.78 Å². The lowest BCUT2D eigenvalue weighted by Crippen LogP contribution is -2.33. The number of imidazole rings is 1. The Balaban J connectivity index is 1.44. The van der Waals surface area contributed by atoms with Gasteiger partial charge in [-0.15, -0.1) is 0 Å². The van der Waals surface area contributed by atoms with E-state index in [0.717, 1.165) is 40.1 Å². The molecule has 0 aliphatic heterocycles. The largest absolute Gasteiger partial charge is 0.445 e. The quantitative estimate of drug-likeness (QED) is 0.323. The number of nitrogens with zero attached hydrogens (tertiary/aromatic N) is 2. The average Bonchev–Trinajstić information content (AvgIpc) is 3.22. The lowest BCUT2D eigenvalue weighted by Gasteiger charge is -2.15. The monoisotopic (exact) mass is 519 g/mol. The fraction of sp³-hybridized carbons (Fsp3) is 0.250. The SMILES string of the molecule is CCc1nc2cc(C(C)=O)ccc2n1-c1ccc(C[C@@H](C)OC(=O)NS(=O)(=O)c2ccc(C)cc2)cc1. The van der Waals surface area contributed by atoms with Crippen molar-refractivity contribution in [2.24, 2.45) is 0 Å². The van der Waals surface area contributed by atoms with Crippen molar-refractivity contribution >= 4 is 32.9 Å². The maximum Gasteiger partial charge on any atom is 0.421 e. The lowest BCUT2D eigenvalue weighted by molar-refractivity contribution is 0.101. The van der Waals surface area contributed by atoms with E-state index in [0.29, 0.717) is 12.0 Å². The number of sulfonamides is 1. The number of ether oxygens (including phenoxy) is 1. The first-order valence-corrected chi connectivity index (χ1v) is 13.5. The third-order valence-electron chi connectivity index (χ3n) is 6.02. The first-order valence-electron chi connectivity index (χ1n) is 12.0. The highest BCUT2D eigenvalue weighted by atomic mass is 32.2. The highest BCUT2D eigenvalue weighted by Gasteiger charge is 2.20. The minimum absolute atomic E-state index is 0.00313. The Hall–Kier alpha value is -3.98. The Morgan fingerprint density at radius 2 is 1.70 bits per heavy atom. The zero-order valence-corrected chi connectivity index (χ0v) is 22.0. The summed E-state index contributed by atoms with van der Waals surface area (Å²) in [6.45, 7) is 7.12. The Bertz CT molecular complexity index is 1560. The highest BCUT2D eigenvalue weighted by molar-refractivity contribution is 7.90. The molecule has 1 atom stereocenters. The first kappa shape index (κ1) is 26.1. The summed E-state index contributed by atoms with van der Waals surface area (Å²) in [5.74, 6) is 0.878. The second-order valence-corrected chi connectivity index (χ2v) is 10.7. The summed E-state index contributed by atoms with van der Waals surface area (Å²) in [4.78, 5) is 28.7. The molecule has 1 N–H and O–H groups in total. The number of ketones is 1. The van der Waals surface area contributed by atoms with Crippen molar-refractivity contribution in [1.82, 2.24) is 14.3 Å². The molecule has 0 spiro atoms. The number of rotatable bonds is 8. The Kier molecular flexibility index (Phi) is 7.45. The topological polar surface area (TPSA) is 107 Å². The van der Waals surface area contributed by atoms with Gasteiger partial charge in [-0.05, 0) is 68.8 Å². The van der Waals surface area contributed by atoms with Crippen LogP contribution in [0.5, 0.6) is 0 Å². The maximum absolute atomic E-state index is 12.4. The predicted octanol–water partition coefficient (Wildman–Crippen LogP) is 5.15. The molecule has 9 heteroatoms. The van der Waals surface area contributed by atoms with Crippen LogP contribution >= 0.6 is 0 Å². The summed E-state index contributed by atoms with van der Waals surface area (Å²) >= 11 is 0. The van der Waals surface area contributed by atoms with Gasteiger partial charge in [-0.2, -0.15) is 0 Å². The number of amides is 1. The van der Waals surface area contributed by atoms with Crippen molar-refractivity contribution in [2.75, 3.05) is 0 Å². The van der Waals surface area contributed by atoms with Gasteiger partial charge in [0.2, 0.25) is 0 Å². The van der Waals surface area contributed by atoms with Gasteiger partial charge in [-0.25, -0.2) is 22.9 Å². The molecule has 4 rings (SSSR count). The van der Waals surface area contributed by atoms with E-state index >= 15 is 0 Å². The molecule has 0 aliphatic carbocycles. The summed E-state index contributed by atoms with van der Waals surface area (Å²) in [6, 6.07) is 19.5. The summed E-state index contributed by atoms with van der Waals surface area (Å²) in [6.07, 6.45) is -0.445. The second-order valence-electron chi connectivity index (χ2n) is 8.98. The lowest BCUT2D eigenvalue weighted by atomic mass is 10.1. The molecule has 1 heterocycles. The molecule has 4 aromatic rings. The number of hydrogen-bond donors (Lipinski definition) is 1. The van der Waals surface area contributed by atoms with Crippen molar-refractivity contribution in [2.45, 2.75) is 51.5 Å². The Morgan fingerprint density at radius 3 is 2.32 bits per heavy atom. The van der Waals surface area contributed by atoms with E-state index in [-0.39, 0.29) is 10.7 Å². The minimum atomic E-state index is -4.01. The molecule has 0 bridgehead atoms. The van der Waals surface area contributed by atoms with Gasteiger partial charge in [0.1, 0.15) is 11.9 Å². The molecule has 0 unspecified atom stereocenters. The van der Waals surface area contributed by atoms with E-state index < -0.39 is 22.2 Å². The van der Waals surface area contributed by atoms with Gasteiger partial charge >= 0.3 is 6.09 Å². The van der Waals surface area contributed by atoms with Crippen LogP contribution in [-0.4, -0.2) is 35.9 Å². The molecule has 192 valence electrons. The number of carbonyl (C=O) groups is 2. The number of carbonyl (C=O) groups excluding carboxylic acids is 2. The molecule has 1 aromatic heterocycles. The molecule has 37 heavy (non-hydrogen) atoms. The van der Waals surface area contributed by atoms with Crippen molar-refractivity contribution in [3.05, 3.63) is 89.2 Å². The fourth-order valence-electron chi connectivity index (χ4n) is 4.12. The van der Waals surface area contributed by atoms with Gasteiger partial charge in [0, 0.05) is 24.1 Å². The predicted molar refractivity (Wildman–Crippen MR) is 142 cm³/mol. The van der Waals surface area contributed by atoms with E-state index in [9.17, 15) is 18.0 Å². The van der Waals surface area contributed by atoms with E-state index in [2.05, 4.69) is 4.57 Å². The number of fused-ring (bicyclic) bond motifs is 1. The zero-order valence-electron chi connectivity index (χ0n) is 21.2. The van der Waals surface area contributed by atoms with Crippen LogP contribution in [0.15, 0.2) is 71.6 Å².